The molecule has 0 aliphatic heterocycles. The number of nitrogens with two attached hydrogens (primary N) is 1. The maximum absolute atomic E-state index is 5.58. The van der Waals surface area contributed by atoms with E-state index < -0.39 is 0 Å². The van der Waals surface area contributed by atoms with Gasteiger partial charge in [0.2, 0.25) is 0 Å². The highest BCUT2D eigenvalue weighted by atomic mass is 32.2. The summed E-state index contributed by atoms with van der Waals surface area (Å²) in [4.78, 5) is 1.15. The van der Waals surface area contributed by atoms with Gasteiger partial charge >= 0.3 is 0 Å². The Labute approximate surface area is 70.7 Å². The molecule has 0 aromatic heterocycles. The van der Waals surface area contributed by atoms with Crippen LogP contribution in [0.5, 0.6) is 0 Å². The second-order valence-corrected chi connectivity index (χ2v) is 3.12. The van der Waals surface area contributed by atoms with Crippen molar-refractivity contribution >= 4 is 17.4 Å². The normalized spacial score (nSPS) is 9.91. The van der Waals surface area contributed by atoms with Gasteiger partial charge in [-0.1, -0.05) is 17.8 Å². The van der Waals surface area contributed by atoms with Crippen LogP contribution in [0.25, 0.3) is 0 Å². The Balaban J connectivity index is 2.56. The summed E-state index contributed by atoms with van der Waals surface area (Å²) in [5.41, 5.74) is 6.37. The molecule has 0 saturated carbocycles. The lowest BCUT2D eigenvalue weighted by Crippen LogP contribution is -1.85. The van der Waals surface area contributed by atoms with Gasteiger partial charge in [-0.15, -0.1) is 0 Å². The third-order valence-electron chi connectivity index (χ3n) is 1.20. The Morgan fingerprint density at radius 1 is 1.55 bits per heavy atom. The largest absolute Gasteiger partial charge is 0.399 e. The van der Waals surface area contributed by atoms with Gasteiger partial charge in [0.25, 0.3) is 0 Å². The molecule has 0 amide bonds. The minimum atomic E-state index is 0.670. The Morgan fingerprint density at radius 2 is 2.36 bits per heavy atom. The molecule has 0 fully saturated rings. The summed E-state index contributed by atoms with van der Waals surface area (Å²) in [6.45, 7) is 0. The number of nitrogen functional groups attached to an aromatic ring is 1. The number of methoxy groups -OCH3 is 1. The summed E-state index contributed by atoms with van der Waals surface area (Å²) in [5.74, 6) is 0.670. The van der Waals surface area contributed by atoms with Crippen LogP contribution >= 0.6 is 11.8 Å². The Hall–Kier alpha value is -0.670. The van der Waals surface area contributed by atoms with Crippen LogP contribution in [0.1, 0.15) is 0 Å². The Morgan fingerprint density at radius 3 is 3.00 bits per heavy atom. The fourth-order valence-electron chi connectivity index (χ4n) is 0.731. The van der Waals surface area contributed by atoms with Crippen molar-refractivity contribution in [1.82, 2.24) is 0 Å². The zero-order valence-electron chi connectivity index (χ0n) is 6.41. The molecule has 0 spiro atoms. The van der Waals surface area contributed by atoms with Gasteiger partial charge in [-0.2, -0.15) is 0 Å². The highest BCUT2D eigenvalue weighted by Crippen LogP contribution is 2.19. The number of hydrogen-bond acceptors (Lipinski definition) is 3. The second-order valence-electron chi connectivity index (χ2n) is 2.12. The van der Waals surface area contributed by atoms with E-state index in [1.54, 1.807) is 18.9 Å². The molecule has 0 aliphatic carbocycles. The average molecular weight is 169 g/mol. The first-order valence-electron chi connectivity index (χ1n) is 3.30. The van der Waals surface area contributed by atoms with Gasteiger partial charge < -0.3 is 10.5 Å². The van der Waals surface area contributed by atoms with Gasteiger partial charge in [0.15, 0.2) is 0 Å². The van der Waals surface area contributed by atoms with Crippen LogP contribution in [0.3, 0.4) is 0 Å². The molecule has 0 atom stereocenters. The molecule has 2 nitrogen and oxygen atoms in total. The van der Waals surface area contributed by atoms with Crippen LogP contribution in [-0.4, -0.2) is 13.0 Å². The van der Waals surface area contributed by atoms with E-state index in [2.05, 4.69) is 0 Å². The van der Waals surface area contributed by atoms with Gasteiger partial charge in [0.05, 0.1) is 5.94 Å². The van der Waals surface area contributed by atoms with E-state index in [4.69, 9.17) is 10.5 Å². The molecule has 0 unspecified atom stereocenters. The lowest BCUT2D eigenvalue weighted by molar-refractivity contribution is 0.259. The first-order valence-corrected chi connectivity index (χ1v) is 4.29. The summed E-state index contributed by atoms with van der Waals surface area (Å²) in [6, 6.07) is 7.76. The van der Waals surface area contributed by atoms with Crippen molar-refractivity contribution in [2.45, 2.75) is 4.90 Å². The third kappa shape index (κ3) is 2.82. The maximum atomic E-state index is 5.58. The van der Waals surface area contributed by atoms with E-state index in [0.717, 1.165) is 10.6 Å². The van der Waals surface area contributed by atoms with Gasteiger partial charge in [-0.3, -0.25) is 0 Å². The van der Waals surface area contributed by atoms with Crippen molar-refractivity contribution in [3.05, 3.63) is 24.3 Å². The standard InChI is InChI=1S/C8H11NOS/c1-10-6-11-8-4-2-3-7(9)5-8/h2-5H,6,9H2,1H3. The van der Waals surface area contributed by atoms with Gasteiger partial charge in [-0.25, -0.2) is 0 Å². The van der Waals surface area contributed by atoms with Crippen molar-refractivity contribution in [2.75, 3.05) is 18.8 Å². The maximum Gasteiger partial charge on any atom is 0.0963 e. The summed E-state index contributed by atoms with van der Waals surface area (Å²) < 4.78 is 4.91. The Bertz CT molecular complexity index is 227. The predicted octanol–water partition coefficient (Wildman–Crippen LogP) is 1.96. The number of anilines is 1. The number of hydrogen-bond donors (Lipinski definition) is 1. The molecule has 1 rings (SSSR count). The summed E-state index contributed by atoms with van der Waals surface area (Å²) >= 11 is 1.63. The quantitative estimate of drug-likeness (QED) is 0.427. The SMILES string of the molecule is COCSc1cccc(N)c1. The van der Waals surface area contributed by atoms with Crippen molar-refractivity contribution in [1.29, 1.82) is 0 Å². The van der Waals surface area contributed by atoms with Crippen LogP contribution in [-0.2, 0) is 4.74 Å². The summed E-state index contributed by atoms with van der Waals surface area (Å²) in [6.07, 6.45) is 0. The molecule has 11 heavy (non-hydrogen) atoms. The van der Waals surface area contributed by atoms with Crippen molar-refractivity contribution in [3.8, 4) is 0 Å². The molecule has 60 valence electrons. The molecule has 0 radical (unpaired) electrons. The minimum Gasteiger partial charge on any atom is -0.399 e. The first-order chi connectivity index (χ1) is 5.33. The minimum absolute atomic E-state index is 0.670. The second kappa shape index (κ2) is 4.26. The van der Waals surface area contributed by atoms with Crippen molar-refractivity contribution in [2.24, 2.45) is 0 Å². The van der Waals surface area contributed by atoms with Gasteiger partial charge in [-0.05, 0) is 18.2 Å². The number of ether oxygens (including phenoxy) is 1. The molecule has 0 saturated heterocycles. The Kier molecular flexibility index (Phi) is 3.26. The molecular formula is C8H11NOS. The lowest BCUT2D eigenvalue weighted by atomic mass is 10.3. The fourth-order valence-corrected chi connectivity index (χ4v) is 1.38. The summed E-state index contributed by atoms with van der Waals surface area (Å²) in [7, 11) is 1.68. The topological polar surface area (TPSA) is 35.2 Å². The smallest absolute Gasteiger partial charge is 0.0963 e. The number of rotatable bonds is 3. The average Bonchev–Trinajstić information content (AvgIpc) is 2.01. The molecule has 0 aliphatic rings. The van der Waals surface area contributed by atoms with E-state index in [1.807, 2.05) is 24.3 Å². The van der Waals surface area contributed by atoms with Crippen LogP contribution < -0.4 is 5.73 Å². The van der Waals surface area contributed by atoms with Gasteiger partial charge in [0, 0.05) is 17.7 Å². The van der Waals surface area contributed by atoms with E-state index in [-0.39, 0.29) is 0 Å². The van der Waals surface area contributed by atoms with E-state index >= 15 is 0 Å². The molecule has 1 aromatic carbocycles. The monoisotopic (exact) mass is 169 g/mol. The van der Waals surface area contributed by atoms with Crippen LogP contribution in [0.2, 0.25) is 0 Å². The predicted molar refractivity (Wildman–Crippen MR) is 48.6 cm³/mol. The van der Waals surface area contributed by atoms with Crippen LogP contribution in [0, 0.1) is 0 Å². The highest BCUT2D eigenvalue weighted by Gasteiger charge is 1.91. The molecule has 3 heteroatoms. The molecule has 2 N–H and O–H groups in total. The summed E-state index contributed by atoms with van der Waals surface area (Å²) in [5, 5.41) is 0. The lowest BCUT2D eigenvalue weighted by Gasteiger charge is -1.99. The molecule has 0 heterocycles. The van der Waals surface area contributed by atoms with E-state index in [9.17, 15) is 0 Å². The van der Waals surface area contributed by atoms with Crippen molar-refractivity contribution in [3.63, 3.8) is 0 Å². The first kappa shape index (κ1) is 8.43. The van der Waals surface area contributed by atoms with Crippen LogP contribution in [0.4, 0.5) is 5.69 Å². The fraction of sp³-hybridized carbons (Fsp3) is 0.250. The zero-order valence-corrected chi connectivity index (χ0v) is 7.23. The molecular weight excluding hydrogens is 158 g/mol. The number of thioether (sulfide) groups is 1. The number of benzene rings is 1. The van der Waals surface area contributed by atoms with Crippen LogP contribution in [0.15, 0.2) is 29.2 Å². The molecule has 0 bridgehead atoms. The van der Waals surface area contributed by atoms with Crippen molar-refractivity contribution < 1.29 is 4.74 Å². The van der Waals surface area contributed by atoms with E-state index in [1.165, 1.54) is 0 Å². The zero-order chi connectivity index (χ0) is 8.10. The third-order valence-corrected chi connectivity index (χ3v) is 2.14. The van der Waals surface area contributed by atoms with Gasteiger partial charge in [0.1, 0.15) is 0 Å². The molecule has 1 aromatic rings. The highest BCUT2D eigenvalue weighted by molar-refractivity contribution is 7.99. The van der Waals surface area contributed by atoms with E-state index in [0.29, 0.717) is 5.94 Å².